The number of benzene rings is 1. The molecular weight excluding hydrogens is 363 g/mol. The number of halogens is 1. The molecule has 0 N–H and O–H groups in total. The lowest BCUT2D eigenvalue weighted by atomic mass is 10.1. The minimum absolute atomic E-state index is 0.0619. The number of carbonyl (C=O) groups excluding carboxylic acids is 1. The average molecular weight is 384 g/mol. The smallest absolute Gasteiger partial charge is 0.343 e. The summed E-state index contributed by atoms with van der Waals surface area (Å²) in [7, 11) is 0. The number of anilines is 1. The zero-order chi connectivity index (χ0) is 19.6. The Bertz CT molecular complexity index is 1090. The van der Waals surface area contributed by atoms with Gasteiger partial charge in [-0.2, -0.15) is 0 Å². The monoisotopic (exact) mass is 384 g/mol. The summed E-state index contributed by atoms with van der Waals surface area (Å²) in [6, 6.07) is 1.47. The third-order valence-electron chi connectivity index (χ3n) is 5.70. The molecule has 0 amide bonds. The number of aromatic nitrogens is 1. The summed E-state index contributed by atoms with van der Waals surface area (Å²) >= 11 is 0. The van der Waals surface area contributed by atoms with Crippen molar-refractivity contribution in [3.05, 3.63) is 46.0 Å². The highest BCUT2D eigenvalue weighted by Crippen LogP contribution is 2.47. The summed E-state index contributed by atoms with van der Waals surface area (Å²) in [5.41, 5.74) is 1.40. The van der Waals surface area contributed by atoms with Crippen molar-refractivity contribution in [3.63, 3.8) is 0 Å². The van der Waals surface area contributed by atoms with Crippen LogP contribution in [0.3, 0.4) is 0 Å². The highest BCUT2D eigenvalue weighted by molar-refractivity contribution is 5.98. The van der Waals surface area contributed by atoms with E-state index in [1.165, 1.54) is 6.07 Å². The van der Waals surface area contributed by atoms with Gasteiger partial charge in [-0.05, 0) is 32.3 Å². The van der Waals surface area contributed by atoms with Gasteiger partial charge in [-0.3, -0.25) is 4.79 Å². The fourth-order valence-corrected chi connectivity index (χ4v) is 4.31. The quantitative estimate of drug-likeness (QED) is 0.601. The maximum Gasteiger partial charge on any atom is 0.343 e. The molecule has 2 fully saturated rings. The van der Waals surface area contributed by atoms with Crippen molar-refractivity contribution in [1.29, 1.82) is 0 Å². The highest BCUT2D eigenvalue weighted by Gasteiger charge is 2.38. The van der Waals surface area contributed by atoms with Crippen LogP contribution in [0.2, 0.25) is 0 Å². The molecule has 1 aromatic heterocycles. The number of esters is 1. The molecule has 2 aliphatic heterocycles. The molecule has 1 aliphatic carbocycles. The normalized spacial score (nSPS) is 20.7. The van der Waals surface area contributed by atoms with Crippen LogP contribution in [-0.4, -0.2) is 36.3 Å². The van der Waals surface area contributed by atoms with E-state index in [1.54, 1.807) is 13.1 Å². The van der Waals surface area contributed by atoms with E-state index in [4.69, 9.17) is 9.47 Å². The van der Waals surface area contributed by atoms with Crippen LogP contribution >= 0.6 is 0 Å². The van der Waals surface area contributed by atoms with E-state index >= 15 is 4.39 Å². The molecule has 1 atom stereocenters. The van der Waals surface area contributed by atoms with Crippen LogP contribution in [0.15, 0.2) is 29.2 Å². The Labute approximate surface area is 161 Å². The molecule has 7 heteroatoms. The van der Waals surface area contributed by atoms with E-state index in [9.17, 15) is 9.59 Å². The number of carbonyl (C=O) groups is 1. The van der Waals surface area contributed by atoms with E-state index in [2.05, 4.69) is 6.58 Å². The number of nitrogens with zero attached hydrogens (tertiary/aromatic N) is 2. The lowest BCUT2D eigenvalue weighted by Gasteiger charge is -2.34. The molecule has 3 heterocycles. The maximum absolute atomic E-state index is 15.2. The number of pyridine rings is 1. The van der Waals surface area contributed by atoms with Crippen LogP contribution in [0.25, 0.3) is 10.9 Å². The topological polar surface area (TPSA) is 60.8 Å². The van der Waals surface area contributed by atoms with Crippen LogP contribution < -0.4 is 15.1 Å². The Morgan fingerprint density at radius 1 is 1.39 bits per heavy atom. The molecular formula is C21H21FN2O4. The molecule has 0 radical (unpaired) electrons. The third-order valence-corrected chi connectivity index (χ3v) is 5.70. The van der Waals surface area contributed by atoms with Crippen LogP contribution in [-0.2, 0) is 4.74 Å². The highest BCUT2D eigenvalue weighted by atomic mass is 19.1. The van der Waals surface area contributed by atoms with Crippen molar-refractivity contribution in [2.45, 2.75) is 38.3 Å². The summed E-state index contributed by atoms with van der Waals surface area (Å²) in [4.78, 5) is 27.3. The van der Waals surface area contributed by atoms with Gasteiger partial charge in [0.05, 0.1) is 23.6 Å². The summed E-state index contributed by atoms with van der Waals surface area (Å²) in [6.07, 6.45) is 4.20. The van der Waals surface area contributed by atoms with E-state index < -0.39 is 17.2 Å². The van der Waals surface area contributed by atoms with Crippen molar-refractivity contribution in [2.24, 2.45) is 0 Å². The largest absolute Gasteiger partial charge is 0.487 e. The van der Waals surface area contributed by atoms with Crippen LogP contribution in [0, 0.1) is 5.82 Å². The van der Waals surface area contributed by atoms with Gasteiger partial charge in [0, 0.05) is 18.8 Å². The molecule has 1 aromatic carbocycles. The Kier molecular flexibility index (Phi) is 3.76. The van der Waals surface area contributed by atoms with Gasteiger partial charge in [0.1, 0.15) is 17.9 Å². The number of hydrogen-bond donors (Lipinski definition) is 0. The van der Waals surface area contributed by atoms with Crippen LogP contribution in [0.5, 0.6) is 5.75 Å². The van der Waals surface area contributed by atoms with Gasteiger partial charge in [-0.25, -0.2) is 9.18 Å². The van der Waals surface area contributed by atoms with E-state index in [-0.39, 0.29) is 29.6 Å². The predicted octanol–water partition coefficient (Wildman–Crippen LogP) is 3.18. The second-order valence-electron chi connectivity index (χ2n) is 7.71. The van der Waals surface area contributed by atoms with Gasteiger partial charge in [0.25, 0.3) is 0 Å². The Hall–Kier alpha value is -2.83. The van der Waals surface area contributed by atoms with Crippen molar-refractivity contribution < 1.29 is 18.7 Å². The fourth-order valence-electron chi connectivity index (χ4n) is 4.31. The maximum atomic E-state index is 15.2. The zero-order valence-electron chi connectivity index (χ0n) is 15.7. The van der Waals surface area contributed by atoms with Gasteiger partial charge < -0.3 is 18.9 Å². The molecule has 146 valence electrons. The fraction of sp³-hybridized carbons (Fsp3) is 0.429. The third kappa shape index (κ3) is 2.45. The minimum atomic E-state index is -0.682. The van der Waals surface area contributed by atoms with Gasteiger partial charge in [-0.1, -0.05) is 12.2 Å². The second-order valence-corrected chi connectivity index (χ2v) is 7.71. The first-order valence-corrected chi connectivity index (χ1v) is 9.64. The van der Waals surface area contributed by atoms with Crippen molar-refractivity contribution in [3.8, 4) is 5.75 Å². The first-order valence-electron chi connectivity index (χ1n) is 9.64. The molecule has 0 unspecified atom stereocenters. The SMILES string of the molecule is C=C1C[C@@H]2COc3c(c(F)cc4c(=O)c(C(=O)OCC)cn(C5CC5)c34)N2C1. The molecule has 28 heavy (non-hydrogen) atoms. The van der Waals surface area contributed by atoms with E-state index in [1.807, 2.05) is 9.47 Å². The molecule has 1 saturated carbocycles. The minimum Gasteiger partial charge on any atom is -0.487 e. The summed E-state index contributed by atoms with van der Waals surface area (Å²) < 4.78 is 28.1. The Morgan fingerprint density at radius 3 is 2.89 bits per heavy atom. The van der Waals surface area contributed by atoms with E-state index in [0.29, 0.717) is 30.1 Å². The number of fused-ring (bicyclic) bond motifs is 5. The first-order chi connectivity index (χ1) is 13.5. The second kappa shape index (κ2) is 6.09. The van der Waals surface area contributed by atoms with E-state index in [0.717, 1.165) is 24.8 Å². The van der Waals surface area contributed by atoms with Gasteiger partial charge in [-0.15, -0.1) is 0 Å². The number of rotatable bonds is 3. The number of ether oxygens (including phenoxy) is 2. The average Bonchev–Trinajstić information content (AvgIpc) is 3.43. The molecule has 2 aromatic rings. The molecule has 0 spiro atoms. The van der Waals surface area contributed by atoms with Crippen molar-refractivity contribution >= 4 is 22.6 Å². The van der Waals surface area contributed by atoms with Crippen molar-refractivity contribution in [2.75, 3.05) is 24.7 Å². The lowest BCUT2D eigenvalue weighted by molar-refractivity contribution is 0.0524. The van der Waals surface area contributed by atoms with Crippen molar-refractivity contribution in [1.82, 2.24) is 4.57 Å². The molecule has 0 bridgehead atoms. The molecule has 6 nitrogen and oxygen atoms in total. The van der Waals surface area contributed by atoms with Gasteiger partial charge in [0.2, 0.25) is 5.43 Å². The zero-order valence-corrected chi connectivity index (χ0v) is 15.7. The Morgan fingerprint density at radius 2 is 2.18 bits per heavy atom. The Balaban J connectivity index is 1.80. The number of hydrogen-bond acceptors (Lipinski definition) is 5. The lowest BCUT2D eigenvalue weighted by Crippen LogP contribution is -2.39. The van der Waals surface area contributed by atoms with Crippen LogP contribution in [0.4, 0.5) is 10.1 Å². The predicted molar refractivity (Wildman–Crippen MR) is 103 cm³/mol. The standard InChI is InChI=1S/C21H21FN2O4/c1-3-27-21(26)15-9-24(12-4-5-12)17-14(19(15)25)7-16(22)18-20(17)28-10-13-6-11(2)8-23(13)18/h7,9,12-13H,2-6,8,10H2,1H3/t13-/m1/s1. The molecule has 3 aliphatic rings. The van der Waals surface area contributed by atoms with Crippen LogP contribution in [0.1, 0.15) is 42.6 Å². The summed E-state index contributed by atoms with van der Waals surface area (Å²) in [6.45, 7) is 6.89. The summed E-state index contributed by atoms with van der Waals surface area (Å²) in [5, 5.41) is 0.158. The molecule has 5 rings (SSSR count). The van der Waals surface area contributed by atoms with Gasteiger partial charge >= 0.3 is 5.97 Å². The van der Waals surface area contributed by atoms with Gasteiger partial charge in [0.15, 0.2) is 11.6 Å². The summed E-state index contributed by atoms with van der Waals surface area (Å²) in [5.74, 6) is -0.804. The molecule has 1 saturated heterocycles. The first kappa shape index (κ1) is 17.3.